The van der Waals surface area contributed by atoms with Gasteiger partial charge in [-0.3, -0.25) is 4.79 Å². The van der Waals surface area contributed by atoms with Gasteiger partial charge in [-0.15, -0.1) is 0 Å². The van der Waals surface area contributed by atoms with Gasteiger partial charge in [-0.05, 0) is 31.1 Å². The predicted octanol–water partition coefficient (Wildman–Crippen LogP) is 1.31. The number of amides is 1. The number of rotatable bonds is 4. The van der Waals surface area contributed by atoms with Gasteiger partial charge in [0.05, 0.1) is 6.10 Å². The second-order valence-electron chi connectivity index (χ2n) is 4.73. The van der Waals surface area contributed by atoms with Crippen molar-refractivity contribution in [3.63, 3.8) is 0 Å². The van der Waals surface area contributed by atoms with Crippen molar-refractivity contribution in [3.8, 4) is 0 Å². The molecule has 0 radical (unpaired) electrons. The molecule has 0 spiro atoms. The van der Waals surface area contributed by atoms with E-state index in [9.17, 15) is 9.90 Å². The van der Waals surface area contributed by atoms with Crippen LogP contribution in [0.2, 0.25) is 0 Å². The van der Waals surface area contributed by atoms with Gasteiger partial charge in [-0.25, -0.2) is 0 Å². The summed E-state index contributed by atoms with van der Waals surface area (Å²) in [6.07, 6.45) is 3.26. The molecule has 1 aliphatic rings. The highest BCUT2D eigenvalue weighted by atomic mass is 16.3. The van der Waals surface area contributed by atoms with Crippen molar-refractivity contribution in [1.82, 2.24) is 5.32 Å². The zero-order valence-corrected chi connectivity index (χ0v) is 9.12. The van der Waals surface area contributed by atoms with Gasteiger partial charge in [0.25, 0.3) is 0 Å². The Morgan fingerprint density at radius 3 is 2.71 bits per heavy atom. The Morgan fingerprint density at radius 1 is 1.50 bits per heavy atom. The predicted molar refractivity (Wildman–Crippen MR) is 55.8 cm³/mol. The van der Waals surface area contributed by atoms with Gasteiger partial charge < -0.3 is 10.4 Å². The van der Waals surface area contributed by atoms with Gasteiger partial charge >= 0.3 is 0 Å². The van der Waals surface area contributed by atoms with E-state index >= 15 is 0 Å². The van der Waals surface area contributed by atoms with E-state index in [1.165, 1.54) is 0 Å². The highest BCUT2D eigenvalue weighted by Gasteiger charge is 2.22. The maximum Gasteiger partial charge on any atom is 0.220 e. The Morgan fingerprint density at radius 2 is 2.21 bits per heavy atom. The fourth-order valence-electron chi connectivity index (χ4n) is 1.94. The lowest BCUT2D eigenvalue weighted by atomic mass is 10.1. The number of aliphatic hydroxyl groups excluding tert-OH is 1. The van der Waals surface area contributed by atoms with E-state index in [1.54, 1.807) is 0 Å². The average molecular weight is 199 g/mol. The molecule has 0 aromatic heterocycles. The molecule has 1 aliphatic carbocycles. The molecule has 1 amide bonds. The minimum Gasteiger partial charge on any atom is -0.393 e. The summed E-state index contributed by atoms with van der Waals surface area (Å²) in [5.41, 5.74) is 0. The van der Waals surface area contributed by atoms with E-state index in [4.69, 9.17) is 0 Å². The number of carbonyl (C=O) groups excluding carboxylic acids is 1. The molecule has 14 heavy (non-hydrogen) atoms. The second kappa shape index (κ2) is 5.35. The summed E-state index contributed by atoms with van der Waals surface area (Å²) in [5.74, 6) is 1.05. The first-order valence-electron chi connectivity index (χ1n) is 5.52. The minimum atomic E-state index is -0.137. The van der Waals surface area contributed by atoms with Crippen molar-refractivity contribution < 1.29 is 9.90 Å². The van der Waals surface area contributed by atoms with E-state index in [0.717, 1.165) is 25.8 Å². The van der Waals surface area contributed by atoms with Crippen LogP contribution in [0.5, 0.6) is 0 Å². The lowest BCUT2D eigenvalue weighted by molar-refractivity contribution is -0.121. The fourth-order valence-corrected chi connectivity index (χ4v) is 1.94. The Bertz CT molecular complexity index is 192. The van der Waals surface area contributed by atoms with Crippen LogP contribution in [0.1, 0.15) is 39.5 Å². The normalized spacial score (nSPS) is 26.9. The van der Waals surface area contributed by atoms with Crippen LogP contribution < -0.4 is 5.32 Å². The Balaban J connectivity index is 2.11. The van der Waals surface area contributed by atoms with E-state index in [2.05, 4.69) is 5.32 Å². The lowest BCUT2D eigenvalue weighted by Gasteiger charge is -2.11. The van der Waals surface area contributed by atoms with Gasteiger partial charge in [0.15, 0.2) is 0 Å². The lowest BCUT2D eigenvalue weighted by Crippen LogP contribution is -2.29. The Hall–Kier alpha value is -0.570. The molecule has 0 heterocycles. The summed E-state index contributed by atoms with van der Waals surface area (Å²) < 4.78 is 0. The molecule has 3 heteroatoms. The van der Waals surface area contributed by atoms with Crippen molar-refractivity contribution in [1.29, 1.82) is 0 Å². The fraction of sp³-hybridized carbons (Fsp3) is 0.909. The molecule has 1 fully saturated rings. The van der Waals surface area contributed by atoms with Crippen molar-refractivity contribution in [3.05, 3.63) is 0 Å². The largest absolute Gasteiger partial charge is 0.393 e. The van der Waals surface area contributed by atoms with Crippen molar-refractivity contribution >= 4 is 5.91 Å². The molecule has 1 saturated carbocycles. The van der Waals surface area contributed by atoms with Crippen molar-refractivity contribution in [2.45, 2.75) is 45.6 Å². The molecular formula is C11H21NO2. The van der Waals surface area contributed by atoms with Crippen LogP contribution in [-0.4, -0.2) is 23.7 Å². The van der Waals surface area contributed by atoms with E-state index in [0.29, 0.717) is 18.3 Å². The summed E-state index contributed by atoms with van der Waals surface area (Å²) in [6.45, 7) is 4.82. The standard InChI is InChI=1S/C11H21NO2/c1-8(2)5-11(14)12-7-9-3-4-10(13)6-9/h8-10,13H,3-7H2,1-2H3,(H,12,14). The van der Waals surface area contributed by atoms with Gasteiger partial charge in [-0.2, -0.15) is 0 Å². The summed E-state index contributed by atoms with van der Waals surface area (Å²) in [7, 11) is 0. The van der Waals surface area contributed by atoms with Crippen LogP contribution >= 0.6 is 0 Å². The van der Waals surface area contributed by atoms with E-state index in [1.807, 2.05) is 13.8 Å². The summed E-state index contributed by atoms with van der Waals surface area (Å²) in [5, 5.41) is 12.2. The molecule has 3 nitrogen and oxygen atoms in total. The number of nitrogens with one attached hydrogen (secondary N) is 1. The SMILES string of the molecule is CC(C)CC(=O)NCC1CCC(O)C1. The third-order valence-corrected chi connectivity index (χ3v) is 2.70. The highest BCUT2D eigenvalue weighted by molar-refractivity contribution is 5.76. The third-order valence-electron chi connectivity index (χ3n) is 2.70. The van der Waals surface area contributed by atoms with Gasteiger partial charge in [0, 0.05) is 13.0 Å². The Kier molecular flexibility index (Phi) is 4.39. The number of aliphatic hydroxyl groups is 1. The summed E-state index contributed by atoms with van der Waals surface area (Å²) in [6, 6.07) is 0. The zero-order valence-electron chi connectivity index (χ0n) is 9.12. The van der Waals surface area contributed by atoms with Gasteiger partial charge in [0.2, 0.25) is 5.91 Å². The minimum absolute atomic E-state index is 0.137. The second-order valence-corrected chi connectivity index (χ2v) is 4.73. The van der Waals surface area contributed by atoms with Crippen LogP contribution in [0.15, 0.2) is 0 Å². The first kappa shape index (κ1) is 11.5. The third kappa shape index (κ3) is 4.09. The van der Waals surface area contributed by atoms with Crippen molar-refractivity contribution in [2.75, 3.05) is 6.54 Å². The summed E-state index contributed by atoms with van der Waals surface area (Å²) >= 11 is 0. The first-order valence-corrected chi connectivity index (χ1v) is 5.52. The molecular weight excluding hydrogens is 178 g/mol. The maximum absolute atomic E-state index is 11.3. The molecule has 0 aliphatic heterocycles. The van der Waals surface area contributed by atoms with Crippen molar-refractivity contribution in [2.24, 2.45) is 11.8 Å². The summed E-state index contributed by atoms with van der Waals surface area (Å²) in [4.78, 5) is 11.3. The molecule has 2 N–H and O–H groups in total. The molecule has 0 aromatic rings. The highest BCUT2D eigenvalue weighted by Crippen LogP contribution is 2.24. The van der Waals surface area contributed by atoms with Gasteiger partial charge in [0.1, 0.15) is 0 Å². The van der Waals surface area contributed by atoms with Crippen LogP contribution in [0.4, 0.5) is 0 Å². The monoisotopic (exact) mass is 199 g/mol. The average Bonchev–Trinajstić information content (AvgIpc) is 2.47. The molecule has 0 aromatic carbocycles. The van der Waals surface area contributed by atoms with Crippen LogP contribution in [0.3, 0.4) is 0 Å². The van der Waals surface area contributed by atoms with Crippen LogP contribution in [-0.2, 0) is 4.79 Å². The van der Waals surface area contributed by atoms with Crippen LogP contribution in [0, 0.1) is 11.8 Å². The molecule has 0 saturated heterocycles. The first-order chi connectivity index (χ1) is 6.58. The zero-order chi connectivity index (χ0) is 10.6. The smallest absolute Gasteiger partial charge is 0.220 e. The quantitative estimate of drug-likeness (QED) is 0.717. The molecule has 1 rings (SSSR count). The van der Waals surface area contributed by atoms with Gasteiger partial charge in [-0.1, -0.05) is 13.8 Å². The number of carbonyl (C=O) groups is 1. The maximum atomic E-state index is 11.3. The molecule has 82 valence electrons. The number of hydrogen-bond acceptors (Lipinski definition) is 2. The number of hydrogen-bond donors (Lipinski definition) is 2. The molecule has 0 bridgehead atoms. The molecule has 2 unspecified atom stereocenters. The van der Waals surface area contributed by atoms with E-state index < -0.39 is 0 Å². The topological polar surface area (TPSA) is 49.3 Å². The molecule has 2 atom stereocenters. The van der Waals surface area contributed by atoms with Crippen LogP contribution in [0.25, 0.3) is 0 Å². The Labute approximate surface area is 85.9 Å². The van der Waals surface area contributed by atoms with E-state index in [-0.39, 0.29) is 12.0 Å².